The second kappa shape index (κ2) is 5.36. The monoisotopic (exact) mass is 319 g/mol. The van der Waals surface area contributed by atoms with E-state index in [0.29, 0.717) is 15.6 Å². The molecule has 0 radical (unpaired) electrons. The molecule has 0 atom stereocenters. The normalized spacial score (nSPS) is 10.7. The van der Waals surface area contributed by atoms with Crippen molar-refractivity contribution < 1.29 is 0 Å². The van der Waals surface area contributed by atoms with Crippen LogP contribution in [0.15, 0.2) is 42.5 Å². The molecule has 0 unspecified atom stereocenters. The van der Waals surface area contributed by atoms with Gasteiger partial charge in [-0.15, -0.1) is 0 Å². The van der Waals surface area contributed by atoms with Crippen molar-refractivity contribution in [1.82, 2.24) is 4.98 Å². The second-order valence-electron chi connectivity index (χ2n) is 4.17. The van der Waals surface area contributed by atoms with Crippen molar-refractivity contribution in [3.05, 3.63) is 53.1 Å². The van der Waals surface area contributed by atoms with Gasteiger partial charge in [-0.3, -0.25) is 0 Å². The number of hydrogen-bond donors (Lipinski definition) is 2. The molecule has 0 aliphatic carbocycles. The Bertz CT molecular complexity index is 765. The van der Waals surface area contributed by atoms with E-state index in [1.807, 2.05) is 30.3 Å². The van der Waals surface area contributed by atoms with Gasteiger partial charge >= 0.3 is 0 Å². The average Bonchev–Trinajstić information content (AvgIpc) is 2.80. The van der Waals surface area contributed by atoms with Crippen LogP contribution in [0.4, 0.5) is 10.8 Å². The van der Waals surface area contributed by atoms with Gasteiger partial charge in [0, 0.05) is 11.3 Å². The predicted molar refractivity (Wildman–Crippen MR) is 90.2 cm³/mol. The smallest absolute Gasteiger partial charge is 0.188 e. The molecule has 20 heavy (non-hydrogen) atoms. The molecule has 2 aromatic carbocycles. The van der Waals surface area contributed by atoms with Crippen molar-refractivity contribution >= 4 is 61.2 Å². The number of rotatable bonds is 3. The third kappa shape index (κ3) is 2.60. The molecular weight excluding hydrogens is 310 g/mol. The molecule has 6 heteroatoms. The Labute approximate surface area is 130 Å². The van der Waals surface area contributed by atoms with E-state index < -0.39 is 0 Å². The number of aromatic nitrogens is 1. The maximum Gasteiger partial charge on any atom is 0.188 e. The zero-order valence-electron chi connectivity index (χ0n) is 10.3. The van der Waals surface area contributed by atoms with Gasteiger partial charge in [-0.25, -0.2) is 4.98 Å². The Balaban J connectivity index is 1.90. The third-order valence-corrected chi connectivity index (χ3v) is 4.26. The minimum atomic E-state index is 0.293. The van der Waals surface area contributed by atoms with Gasteiger partial charge < -0.3 is 11.1 Å². The zero-order valence-corrected chi connectivity index (χ0v) is 12.6. The first-order valence-corrected chi connectivity index (χ1v) is 7.46. The summed E-state index contributed by atoms with van der Waals surface area (Å²) < 4.78 is 1.14. The summed E-state index contributed by atoms with van der Waals surface area (Å²) in [4.78, 5) is 4.80. The van der Waals surface area contributed by atoms with Gasteiger partial charge in [0.2, 0.25) is 0 Å². The van der Waals surface area contributed by atoms with Crippen molar-refractivity contribution in [2.75, 3.05) is 5.32 Å². The first-order valence-electron chi connectivity index (χ1n) is 5.85. The molecule has 0 fully saturated rings. The molecule has 0 saturated carbocycles. The number of hydrogen-bond acceptors (Lipinski definition) is 4. The van der Waals surface area contributed by atoms with Gasteiger partial charge in [0.25, 0.3) is 0 Å². The lowest BCUT2D eigenvalue weighted by Crippen LogP contribution is -2.09. The first kappa shape index (κ1) is 13.3. The highest BCUT2D eigenvalue weighted by atomic mass is 35.5. The van der Waals surface area contributed by atoms with Crippen molar-refractivity contribution in [2.45, 2.75) is 0 Å². The number of nitrogens with one attached hydrogen (secondary N) is 1. The van der Waals surface area contributed by atoms with E-state index in [4.69, 9.17) is 29.6 Å². The maximum atomic E-state index is 6.14. The fraction of sp³-hybridized carbons (Fsp3) is 0. The number of anilines is 2. The SMILES string of the molecule is NC(=S)c1ccc(Nc2nc3ccccc3s2)cc1Cl. The Morgan fingerprint density at radius 2 is 2.05 bits per heavy atom. The molecule has 0 saturated heterocycles. The van der Waals surface area contributed by atoms with Gasteiger partial charge in [-0.2, -0.15) is 0 Å². The van der Waals surface area contributed by atoms with Crippen LogP contribution in [0.3, 0.4) is 0 Å². The summed E-state index contributed by atoms with van der Waals surface area (Å²) in [6.07, 6.45) is 0. The minimum absolute atomic E-state index is 0.293. The van der Waals surface area contributed by atoms with Crippen LogP contribution in [0.25, 0.3) is 10.2 Å². The van der Waals surface area contributed by atoms with E-state index in [1.165, 1.54) is 0 Å². The molecule has 3 aromatic rings. The number of fused-ring (bicyclic) bond motifs is 1. The van der Waals surface area contributed by atoms with E-state index in [1.54, 1.807) is 23.5 Å². The Kier molecular flexibility index (Phi) is 3.56. The van der Waals surface area contributed by atoms with Crippen molar-refractivity contribution in [2.24, 2.45) is 5.73 Å². The fourth-order valence-electron chi connectivity index (χ4n) is 1.84. The van der Waals surface area contributed by atoms with Crippen LogP contribution in [0.5, 0.6) is 0 Å². The molecule has 0 aliphatic heterocycles. The number of thiazole rings is 1. The number of para-hydroxylation sites is 1. The van der Waals surface area contributed by atoms with Gasteiger partial charge in [0.15, 0.2) is 5.13 Å². The molecule has 0 aliphatic rings. The third-order valence-electron chi connectivity index (χ3n) is 2.78. The topological polar surface area (TPSA) is 50.9 Å². The van der Waals surface area contributed by atoms with Crippen LogP contribution in [0.1, 0.15) is 5.56 Å². The Hall–Kier alpha value is -1.69. The molecule has 0 spiro atoms. The summed E-state index contributed by atoms with van der Waals surface area (Å²) in [5, 5.41) is 4.59. The van der Waals surface area contributed by atoms with E-state index >= 15 is 0 Å². The van der Waals surface area contributed by atoms with Crippen LogP contribution in [0.2, 0.25) is 5.02 Å². The largest absolute Gasteiger partial charge is 0.389 e. The van der Waals surface area contributed by atoms with Gasteiger partial charge in [-0.05, 0) is 30.3 Å². The fourth-order valence-corrected chi connectivity index (χ4v) is 3.24. The van der Waals surface area contributed by atoms with Gasteiger partial charge in [-0.1, -0.05) is 47.3 Å². The van der Waals surface area contributed by atoms with Crippen LogP contribution in [-0.4, -0.2) is 9.97 Å². The summed E-state index contributed by atoms with van der Waals surface area (Å²) in [6.45, 7) is 0. The summed E-state index contributed by atoms with van der Waals surface area (Å²) in [7, 11) is 0. The van der Waals surface area contributed by atoms with Crippen LogP contribution in [0, 0.1) is 0 Å². The van der Waals surface area contributed by atoms with Crippen molar-refractivity contribution in [1.29, 1.82) is 0 Å². The van der Waals surface area contributed by atoms with Crippen LogP contribution < -0.4 is 11.1 Å². The molecule has 1 heterocycles. The second-order valence-corrected chi connectivity index (χ2v) is 6.05. The maximum absolute atomic E-state index is 6.14. The molecule has 0 bridgehead atoms. The summed E-state index contributed by atoms with van der Waals surface area (Å²) >= 11 is 12.7. The van der Waals surface area contributed by atoms with Crippen LogP contribution in [-0.2, 0) is 0 Å². The molecule has 3 rings (SSSR count). The molecule has 3 nitrogen and oxygen atoms in total. The molecule has 3 N–H and O–H groups in total. The lowest BCUT2D eigenvalue weighted by Gasteiger charge is -2.06. The van der Waals surface area contributed by atoms with E-state index in [0.717, 1.165) is 21.0 Å². The number of thiocarbonyl (C=S) groups is 1. The molecule has 1 aromatic heterocycles. The lowest BCUT2D eigenvalue weighted by molar-refractivity contribution is 1.44. The number of benzene rings is 2. The lowest BCUT2D eigenvalue weighted by atomic mass is 10.2. The number of nitrogens with zero attached hydrogens (tertiary/aromatic N) is 1. The minimum Gasteiger partial charge on any atom is -0.389 e. The molecule has 100 valence electrons. The van der Waals surface area contributed by atoms with Gasteiger partial charge in [0.05, 0.1) is 15.2 Å². The summed E-state index contributed by atoms with van der Waals surface area (Å²) in [6, 6.07) is 13.5. The first-order chi connectivity index (χ1) is 9.63. The highest BCUT2D eigenvalue weighted by Crippen LogP contribution is 2.29. The van der Waals surface area contributed by atoms with Crippen LogP contribution >= 0.6 is 35.2 Å². The molecular formula is C14H10ClN3S2. The molecule has 0 amide bonds. The quantitative estimate of drug-likeness (QED) is 0.706. The van der Waals surface area contributed by atoms with Gasteiger partial charge in [0.1, 0.15) is 4.99 Å². The van der Waals surface area contributed by atoms with E-state index in [-0.39, 0.29) is 0 Å². The Morgan fingerprint density at radius 1 is 1.25 bits per heavy atom. The van der Waals surface area contributed by atoms with E-state index in [9.17, 15) is 0 Å². The Morgan fingerprint density at radius 3 is 2.75 bits per heavy atom. The van der Waals surface area contributed by atoms with E-state index in [2.05, 4.69) is 10.3 Å². The predicted octanol–water partition coefficient (Wildman–Crippen LogP) is 4.33. The number of halogens is 1. The standard InChI is InChI=1S/C14H10ClN3S2/c15-10-7-8(5-6-9(10)13(16)19)17-14-18-11-3-1-2-4-12(11)20-14/h1-7H,(H2,16,19)(H,17,18). The highest BCUT2D eigenvalue weighted by molar-refractivity contribution is 7.80. The average molecular weight is 320 g/mol. The zero-order chi connectivity index (χ0) is 14.1. The van der Waals surface area contributed by atoms with Crippen molar-refractivity contribution in [3.8, 4) is 0 Å². The summed E-state index contributed by atoms with van der Waals surface area (Å²) in [5.41, 5.74) is 8.10. The summed E-state index contributed by atoms with van der Waals surface area (Å²) in [5.74, 6) is 0. The highest BCUT2D eigenvalue weighted by Gasteiger charge is 2.07. The number of nitrogens with two attached hydrogens (primary N) is 1. The van der Waals surface area contributed by atoms with Crippen molar-refractivity contribution in [3.63, 3.8) is 0 Å².